The van der Waals surface area contributed by atoms with Gasteiger partial charge in [-0.1, -0.05) is 6.08 Å². The molecule has 1 fully saturated rings. The topological polar surface area (TPSA) is 15.3 Å². The Kier molecular flexibility index (Phi) is 3.25. The minimum Gasteiger partial charge on any atom is -0.362 e. The lowest BCUT2D eigenvalue weighted by Crippen LogP contribution is -2.45. The lowest BCUT2D eigenvalue weighted by molar-refractivity contribution is 0.179. The predicted molar refractivity (Wildman–Crippen MR) is 55.3 cm³/mol. The molecule has 0 saturated carbocycles. The lowest BCUT2D eigenvalue weighted by atomic mass is 10.1. The Balaban J connectivity index is 1.97. The van der Waals surface area contributed by atoms with Gasteiger partial charge in [-0.2, -0.15) is 0 Å². The first-order valence-corrected chi connectivity index (χ1v) is 5.62. The summed E-state index contributed by atoms with van der Waals surface area (Å²) < 4.78 is 0. The fourth-order valence-corrected chi connectivity index (χ4v) is 2.22. The maximum absolute atomic E-state index is 3.64. The second kappa shape index (κ2) is 4.66. The fraction of sp³-hybridized carbons (Fsp3) is 0.818. The Bertz CT molecular complexity index is 177. The van der Waals surface area contributed by atoms with E-state index in [9.17, 15) is 0 Å². The van der Waals surface area contributed by atoms with Crippen LogP contribution in [0.15, 0.2) is 12.3 Å². The Morgan fingerprint density at radius 2 is 2.15 bits per heavy atom. The van der Waals surface area contributed by atoms with Gasteiger partial charge in [-0.05, 0) is 51.3 Å². The van der Waals surface area contributed by atoms with Gasteiger partial charge in [0.05, 0.1) is 6.17 Å². The van der Waals surface area contributed by atoms with Crippen LogP contribution in [0.25, 0.3) is 0 Å². The first-order chi connectivity index (χ1) is 6.47. The Morgan fingerprint density at radius 3 is 3.15 bits per heavy atom. The van der Waals surface area contributed by atoms with Crippen molar-refractivity contribution in [2.75, 3.05) is 13.1 Å². The van der Waals surface area contributed by atoms with Crippen LogP contribution in [-0.4, -0.2) is 24.2 Å². The number of hydrogen-bond donors (Lipinski definition) is 1. The third-order valence-electron chi connectivity index (χ3n) is 3.02. The van der Waals surface area contributed by atoms with Gasteiger partial charge < -0.3 is 4.90 Å². The molecule has 1 unspecified atom stereocenters. The predicted octanol–water partition coefficient (Wildman–Crippen LogP) is 2.09. The van der Waals surface area contributed by atoms with E-state index in [-0.39, 0.29) is 0 Å². The van der Waals surface area contributed by atoms with Gasteiger partial charge in [0, 0.05) is 6.54 Å². The average Bonchev–Trinajstić information content (AvgIpc) is 2.28. The Hall–Kier alpha value is -0.500. The average molecular weight is 180 g/mol. The zero-order valence-corrected chi connectivity index (χ0v) is 8.34. The zero-order chi connectivity index (χ0) is 8.93. The van der Waals surface area contributed by atoms with E-state index in [1.165, 1.54) is 51.6 Å². The minimum atomic E-state index is 0.628. The number of nitrogens with one attached hydrogen (secondary N) is 1. The third-order valence-corrected chi connectivity index (χ3v) is 3.02. The fourth-order valence-electron chi connectivity index (χ4n) is 2.22. The standard InChI is InChI=1S/C11H20N2/c1-2-5-9-13-10-6-3-7-11(13)12-8-4-1/h5,9,11-12H,1-4,6-8,10H2. The smallest absolute Gasteiger partial charge is 0.0790 e. The molecule has 0 spiro atoms. The maximum Gasteiger partial charge on any atom is 0.0790 e. The minimum absolute atomic E-state index is 0.628. The molecule has 2 heterocycles. The largest absolute Gasteiger partial charge is 0.362 e. The summed E-state index contributed by atoms with van der Waals surface area (Å²) in [6, 6.07) is 0. The summed E-state index contributed by atoms with van der Waals surface area (Å²) >= 11 is 0. The molecule has 0 aromatic rings. The molecule has 0 aromatic carbocycles. The van der Waals surface area contributed by atoms with E-state index in [1.807, 2.05) is 0 Å². The molecule has 2 aliphatic rings. The van der Waals surface area contributed by atoms with E-state index in [4.69, 9.17) is 0 Å². The molecule has 0 amide bonds. The van der Waals surface area contributed by atoms with E-state index in [1.54, 1.807) is 0 Å². The van der Waals surface area contributed by atoms with Gasteiger partial charge in [0.15, 0.2) is 0 Å². The van der Waals surface area contributed by atoms with Crippen LogP contribution in [0, 0.1) is 0 Å². The van der Waals surface area contributed by atoms with Crippen LogP contribution < -0.4 is 5.32 Å². The number of allylic oxidation sites excluding steroid dienone is 1. The highest BCUT2D eigenvalue weighted by molar-refractivity contribution is 4.89. The van der Waals surface area contributed by atoms with Crippen molar-refractivity contribution in [2.24, 2.45) is 0 Å². The molecule has 74 valence electrons. The molecule has 2 nitrogen and oxygen atoms in total. The first kappa shape index (κ1) is 9.07. The van der Waals surface area contributed by atoms with Crippen molar-refractivity contribution in [3.63, 3.8) is 0 Å². The van der Waals surface area contributed by atoms with Crippen molar-refractivity contribution < 1.29 is 0 Å². The van der Waals surface area contributed by atoms with Gasteiger partial charge in [-0.25, -0.2) is 0 Å². The van der Waals surface area contributed by atoms with Gasteiger partial charge in [-0.15, -0.1) is 0 Å². The zero-order valence-electron chi connectivity index (χ0n) is 8.34. The molecule has 0 bridgehead atoms. The summed E-state index contributed by atoms with van der Waals surface area (Å²) in [5.41, 5.74) is 0. The Morgan fingerprint density at radius 1 is 1.15 bits per heavy atom. The summed E-state index contributed by atoms with van der Waals surface area (Å²) in [5.74, 6) is 0. The number of fused-ring (bicyclic) bond motifs is 1. The molecule has 13 heavy (non-hydrogen) atoms. The summed E-state index contributed by atoms with van der Waals surface area (Å²) in [6.07, 6.45) is 13.3. The molecule has 0 aromatic heterocycles. The van der Waals surface area contributed by atoms with Gasteiger partial charge in [-0.3, -0.25) is 5.32 Å². The summed E-state index contributed by atoms with van der Waals surface area (Å²) in [4.78, 5) is 2.48. The number of rotatable bonds is 0. The SMILES string of the molecule is C1=CN2CCCCC2NCCCC1. The van der Waals surface area contributed by atoms with E-state index >= 15 is 0 Å². The molecule has 2 heteroatoms. The van der Waals surface area contributed by atoms with Crippen molar-refractivity contribution >= 4 is 0 Å². The maximum atomic E-state index is 3.64. The van der Waals surface area contributed by atoms with Crippen LogP contribution in [0.3, 0.4) is 0 Å². The molecule has 0 aliphatic carbocycles. The monoisotopic (exact) mass is 180 g/mol. The molecule has 1 saturated heterocycles. The number of nitrogens with zero attached hydrogens (tertiary/aromatic N) is 1. The van der Waals surface area contributed by atoms with E-state index in [0.717, 1.165) is 0 Å². The summed E-state index contributed by atoms with van der Waals surface area (Å²) in [6.45, 7) is 2.44. The van der Waals surface area contributed by atoms with Gasteiger partial charge >= 0.3 is 0 Å². The quantitative estimate of drug-likeness (QED) is 0.614. The van der Waals surface area contributed by atoms with Crippen molar-refractivity contribution in [1.29, 1.82) is 0 Å². The van der Waals surface area contributed by atoms with Crippen LogP contribution in [-0.2, 0) is 0 Å². The van der Waals surface area contributed by atoms with Crippen molar-refractivity contribution in [1.82, 2.24) is 10.2 Å². The van der Waals surface area contributed by atoms with Crippen LogP contribution in [0.2, 0.25) is 0 Å². The van der Waals surface area contributed by atoms with E-state index in [2.05, 4.69) is 22.5 Å². The molecular formula is C11H20N2. The first-order valence-electron chi connectivity index (χ1n) is 5.62. The van der Waals surface area contributed by atoms with Crippen molar-refractivity contribution in [2.45, 2.75) is 44.7 Å². The molecule has 2 aliphatic heterocycles. The number of hydrogen-bond acceptors (Lipinski definition) is 2. The van der Waals surface area contributed by atoms with Gasteiger partial charge in [0.2, 0.25) is 0 Å². The highest BCUT2D eigenvalue weighted by atomic mass is 15.3. The number of piperidine rings is 1. The second-order valence-corrected chi connectivity index (χ2v) is 4.08. The molecule has 1 atom stereocenters. The van der Waals surface area contributed by atoms with Gasteiger partial charge in [0.1, 0.15) is 0 Å². The Labute approximate surface area is 81.0 Å². The van der Waals surface area contributed by atoms with Gasteiger partial charge in [0.25, 0.3) is 0 Å². The lowest BCUT2D eigenvalue weighted by Gasteiger charge is -2.35. The van der Waals surface area contributed by atoms with Crippen LogP contribution in [0.5, 0.6) is 0 Å². The van der Waals surface area contributed by atoms with Crippen LogP contribution in [0.1, 0.15) is 38.5 Å². The highest BCUT2D eigenvalue weighted by Gasteiger charge is 2.18. The van der Waals surface area contributed by atoms with Crippen LogP contribution >= 0.6 is 0 Å². The summed E-state index contributed by atoms with van der Waals surface area (Å²) in [5, 5.41) is 3.64. The molecule has 0 radical (unpaired) electrons. The second-order valence-electron chi connectivity index (χ2n) is 4.08. The van der Waals surface area contributed by atoms with E-state index in [0.29, 0.717) is 6.17 Å². The molecular weight excluding hydrogens is 160 g/mol. The molecule has 2 rings (SSSR count). The summed E-state index contributed by atoms with van der Waals surface area (Å²) in [7, 11) is 0. The highest BCUT2D eigenvalue weighted by Crippen LogP contribution is 2.16. The third kappa shape index (κ3) is 2.47. The van der Waals surface area contributed by atoms with Crippen molar-refractivity contribution in [3.05, 3.63) is 12.3 Å². The normalized spacial score (nSPS) is 30.2. The van der Waals surface area contributed by atoms with Crippen molar-refractivity contribution in [3.8, 4) is 0 Å². The molecule has 1 N–H and O–H groups in total. The van der Waals surface area contributed by atoms with E-state index < -0.39 is 0 Å². The van der Waals surface area contributed by atoms with Crippen LogP contribution in [0.4, 0.5) is 0 Å².